The van der Waals surface area contributed by atoms with E-state index in [1.54, 1.807) is 14.2 Å². The van der Waals surface area contributed by atoms with Crippen molar-refractivity contribution in [3.8, 4) is 11.5 Å². The number of anilines is 1. The van der Waals surface area contributed by atoms with Crippen LogP contribution in [0, 0.1) is 0 Å². The molecule has 1 heterocycles. The number of hydrogen-bond donors (Lipinski definition) is 0. The molecule has 4 nitrogen and oxygen atoms in total. The zero-order chi connectivity index (χ0) is 19.8. The average molecular weight is 401 g/mol. The molecule has 28 heavy (non-hydrogen) atoms. The van der Waals surface area contributed by atoms with Crippen LogP contribution in [0.25, 0.3) is 0 Å². The first-order valence-corrected chi connectivity index (χ1v) is 11.3. The van der Waals surface area contributed by atoms with Gasteiger partial charge in [-0.15, -0.1) is 11.8 Å². The van der Waals surface area contributed by atoms with Gasteiger partial charge in [-0.05, 0) is 68.0 Å². The van der Waals surface area contributed by atoms with E-state index in [4.69, 9.17) is 9.47 Å². The minimum absolute atomic E-state index is 0.798. The highest BCUT2D eigenvalue weighted by Gasteiger charge is 2.17. The lowest BCUT2D eigenvalue weighted by Crippen LogP contribution is -2.46. The van der Waals surface area contributed by atoms with Crippen molar-refractivity contribution in [3.05, 3.63) is 48.0 Å². The molecule has 0 bridgehead atoms. The van der Waals surface area contributed by atoms with Crippen molar-refractivity contribution in [1.29, 1.82) is 0 Å². The summed E-state index contributed by atoms with van der Waals surface area (Å²) in [5.74, 6) is 1.62. The fourth-order valence-corrected chi connectivity index (χ4v) is 4.19. The second kappa shape index (κ2) is 10.6. The predicted molar refractivity (Wildman–Crippen MR) is 119 cm³/mol. The summed E-state index contributed by atoms with van der Waals surface area (Å²) in [6.45, 7) is 5.73. The molecule has 1 saturated heterocycles. The molecule has 0 aromatic heterocycles. The first-order chi connectivity index (χ1) is 13.7. The number of piperazine rings is 1. The van der Waals surface area contributed by atoms with E-state index in [-0.39, 0.29) is 0 Å². The number of unbranched alkanes of at least 4 members (excludes halogenated alkanes) is 1. The summed E-state index contributed by atoms with van der Waals surface area (Å²) in [7, 11) is 3.37. The maximum atomic E-state index is 5.40. The Kier molecular flexibility index (Phi) is 7.92. The molecule has 0 unspecified atom stereocenters. The summed E-state index contributed by atoms with van der Waals surface area (Å²) < 4.78 is 10.7. The van der Waals surface area contributed by atoms with Crippen molar-refractivity contribution >= 4 is 17.4 Å². The molecule has 1 aliphatic heterocycles. The van der Waals surface area contributed by atoms with Crippen molar-refractivity contribution < 1.29 is 9.47 Å². The molecular weight excluding hydrogens is 368 g/mol. The van der Waals surface area contributed by atoms with E-state index in [9.17, 15) is 0 Å². The van der Waals surface area contributed by atoms with Gasteiger partial charge < -0.3 is 14.4 Å². The van der Waals surface area contributed by atoms with Gasteiger partial charge in [-0.3, -0.25) is 4.90 Å². The number of benzene rings is 2. The van der Waals surface area contributed by atoms with E-state index >= 15 is 0 Å². The van der Waals surface area contributed by atoms with Crippen LogP contribution in [0.5, 0.6) is 11.5 Å². The molecule has 1 fully saturated rings. The number of hydrogen-bond acceptors (Lipinski definition) is 5. The van der Waals surface area contributed by atoms with Crippen LogP contribution in [0.4, 0.5) is 5.69 Å². The third kappa shape index (κ3) is 5.58. The van der Waals surface area contributed by atoms with Crippen molar-refractivity contribution in [1.82, 2.24) is 4.90 Å². The molecule has 0 aliphatic carbocycles. The predicted octanol–water partition coefficient (Wildman–Crippen LogP) is 4.57. The number of ether oxygens (including phenoxy) is 2. The van der Waals surface area contributed by atoms with Gasteiger partial charge in [0.05, 0.1) is 14.2 Å². The normalized spacial score (nSPS) is 14.9. The Balaban J connectivity index is 1.39. The van der Waals surface area contributed by atoms with Crippen LogP contribution in [0.1, 0.15) is 18.4 Å². The molecule has 0 spiro atoms. The summed E-state index contributed by atoms with van der Waals surface area (Å²) in [6.07, 6.45) is 5.66. The summed E-state index contributed by atoms with van der Waals surface area (Å²) in [5, 5.41) is 0. The molecule has 3 rings (SSSR count). The maximum absolute atomic E-state index is 5.40. The Hall–Kier alpha value is -1.85. The summed E-state index contributed by atoms with van der Waals surface area (Å²) in [5.41, 5.74) is 2.68. The number of rotatable bonds is 9. The maximum Gasteiger partial charge on any atom is 0.160 e. The Morgan fingerprint density at radius 3 is 2.39 bits per heavy atom. The molecule has 5 heteroatoms. The largest absolute Gasteiger partial charge is 0.493 e. The minimum atomic E-state index is 0.798. The fourth-order valence-electron chi connectivity index (χ4n) is 3.74. The van der Waals surface area contributed by atoms with Gasteiger partial charge >= 0.3 is 0 Å². The third-order valence-corrected chi connectivity index (χ3v) is 6.15. The average Bonchev–Trinajstić information content (AvgIpc) is 2.77. The lowest BCUT2D eigenvalue weighted by atomic mass is 10.1. The number of thioether (sulfide) groups is 1. The monoisotopic (exact) mass is 400 g/mol. The van der Waals surface area contributed by atoms with E-state index in [0.717, 1.165) is 44.1 Å². The first-order valence-electron chi connectivity index (χ1n) is 10.1. The summed E-state index contributed by atoms with van der Waals surface area (Å²) in [6, 6.07) is 15.1. The molecular formula is C23H32N2O2S. The number of nitrogens with zero attached hydrogens (tertiary/aromatic N) is 2. The Labute approximate surface area is 173 Å². The van der Waals surface area contributed by atoms with Crippen LogP contribution in [-0.4, -0.2) is 58.1 Å². The van der Waals surface area contributed by atoms with Gasteiger partial charge in [0, 0.05) is 36.8 Å². The Bertz CT molecular complexity index is 745. The van der Waals surface area contributed by atoms with Crippen LogP contribution in [0.2, 0.25) is 0 Å². The molecule has 1 aliphatic rings. The van der Waals surface area contributed by atoms with Gasteiger partial charge in [-0.25, -0.2) is 0 Å². The zero-order valence-electron chi connectivity index (χ0n) is 17.3. The molecule has 2 aromatic rings. The molecule has 0 saturated carbocycles. The molecule has 2 aromatic carbocycles. The van der Waals surface area contributed by atoms with Crippen LogP contribution in [-0.2, 0) is 6.42 Å². The van der Waals surface area contributed by atoms with Crippen molar-refractivity contribution in [3.63, 3.8) is 0 Å². The smallest absolute Gasteiger partial charge is 0.160 e. The van der Waals surface area contributed by atoms with Gasteiger partial charge in [0.25, 0.3) is 0 Å². The van der Waals surface area contributed by atoms with E-state index in [0.29, 0.717) is 0 Å². The van der Waals surface area contributed by atoms with Crippen molar-refractivity contribution in [2.24, 2.45) is 0 Å². The minimum Gasteiger partial charge on any atom is -0.493 e. The van der Waals surface area contributed by atoms with Crippen molar-refractivity contribution in [2.75, 3.05) is 58.1 Å². The highest BCUT2D eigenvalue weighted by atomic mass is 32.2. The fraction of sp³-hybridized carbons (Fsp3) is 0.478. The third-order valence-electron chi connectivity index (χ3n) is 5.43. The van der Waals surface area contributed by atoms with Gasteiger partial charge in [0.1, 0.15) is 0 Å². The van der Waals surface area contributed by atoms with Crippen molar-refractivity contribution in [2.45, 2.75) is 24.2 Å². The molecule has 0 atom stereocenters. The topological polar surface area (TPSA) is 24.9 Å². The van der Waals surface area contributed by atoms with Crippen LogP contribution in [0.15, 0.2) is 47.4 Å². The molecule has 0 amide bonds. The van der Waals surface area contributed by atoms with Gasteiger partial charge in [0.15, 0.2) is 11.5 Å². The van der Waals surface area contributed by atoms with Gasteiger partial charge in [0.2, 0.25) is 0 Å². The second-order valence-electron chi connectivity index (χ2n) is 7.18. The SMILES string of the molecule is COc1ccc(CCCCN2CCN(c3cccc(SC)c3)CC2)cc1OC. The molecule has 152 valence electrons. The number of aryl methyl sites for hydroxylation is 1. The quantitative estimate of drug-likeness (QED) is 0.454. The summed E-state index contributed by atoms with van der Waals surface area (Å²) >= 11 is 1.81. The summed E-state index contributed by atoms with van der Waals surface area (Å²) in [4.78, 5) is 6.46. The van der Waals surface area contributed by atoms with Gasteiger partial charge in [-0.1, -0.05) is 12.1 Å². The zero-order valence-corrected chi connectivity index (χ0v) is 18.1. The highest BCUT2D eigenvalue weighted by molar-refractivity contribution is 7.98. The lowest BCUT2D eigenvalue weighted by molar-refractivity contribution is 0.253. The van der Waals surface area contributed by atoms with Crippen LogP contribution in [0.3, 0.4) is 0 Å². The standard InChI is InChI=1S/C23H32N2O2S/c1-26-22-11-10-19(17-23(22)27-2)7-4-5-12-24-13-15-25(16-14-24)20-8-6-9-21(18-20)28-3/h6,8-11,17-18H,4-5,7,12-16H2,1-3H3. The lowest BCUT2D eigenvalue weighted by Gasteiger charge is -2.36. The van der Waals surface area contributed by atoms with E-state index in [1.165, 1.54) is 35.5 Å². The van der Waals surface area contributed by atoms with E-state index < -0.39 is 0 Å². The van der Waals surface area contributed by atoms with E-state index in [1.807, 2.05) is 17.8 Å². The second-order valence-corrected chi connectivity index (χ2v) is 8.06. The number of methoxy groups -OCH3 is 2. The Morgan fingerprint density at radius 2 is 1.68 bits per heavy atom. The van der Waals surface area contributed by atoms with Crippen LogP contribution < -0.4 is 14.4 Å². The van der Waals surface area contributed by atoms with E-state index in [2.05, 4.69) is 52.5 Å². The molecule has 0 radical (unpaired) electrons. The Morgan fingerprint density at radius 1 is 0.893 bits per heavy atom. The first kappa shape index (κ1) is 20.9. The molecule has 0 N–H and O–H groups in total. The van der Waals surface area contributed by atoms with Gasteiger partial charge in [-0.2, -0.15) is 0 Å². The highest BCUT2D eigenvalue weighted by Crippen LogP contribution is 2.28. The van der Waals surface area contributed by atoms with Crippen LogP contribution >= 0.6 is 11.8 Å².